The number of aromatic amines is 1. The van der Waals surface area contributed by atoms with Crippen LogP contribution in [-0.4, -0.2) is 4.98 Å². The largest absolute Gasteiger partial charge is 0.358 e. The van der Waals surface area contributed by atoms with Crippen molar-refractivity contribution in [1.82, 2.24) is 4.98 Å². The van der Waals surface area contributed by atoms with Gasteiger partial charge in [-0.25, -0.2) is 0 Å². The number of rotatable bonds is 2. The molecule has 0 saturated heterocycles. The fourth-order valence-corrected chi connectivity index (χ4v) is 3.62. The normalized spacial score (nSPS) is 11.0. The first-order chi connectivity index (χ1) is 11.2. The molecular weight excluding hydrogens is 298 g/mol. The highest BCUT2D eigenvalue weighted by atomic mass is 32.1. The van der Waals surface area contributed by atoms with E-state index in [4.69, 9.17) is 0 Å². The second-order valence-corrected chi connectivity index (χ2v) is 7.24. The minimum atomic E-state index is 0.581. The number of thiophene rings is 1. The lowest BCUT2D eigenvalue weighted by Crippen LogP contribution is -1.84. The number of para-hydroxylation sites is 1. The van der Waals surface area contributed by atoms with Crippen LogP contribution in [0.15, 0.2) is 60.7 Å². The molecule has 0 saturated carbocycles. The summed E-state index contributed by atoms with van der Waals surface area (Å²) in [6.07, 6.45) is 1.15. The Morgan fingerprint density at radius 2 is 1.61 bits per heavy atom. The molecule has 0 bridgehead atoms. The van der Waals surface area contributed by atoms with Gasteiger partial charge in [0, 0.05) is 20.8 Å². The van der Waals surface area contributed by atoms with Gasteiger partial charge in [0.1, 0.15) is 0 Å². The maximum absolute atomic E-state index is 3.40. The van der Waals surface area contributed by atoms with E-state index >= 15 is 0 Å². The SMILES string of the molecule is CC(C)c1cc2ccccc2[nH]1.CCc1cc2ccccc2s1. The Hall–Kier alpha value is -2.06. The number of nitrogens with one attached hydrogen (secondary N) is 1. The fraction of sp³-hybridized carbons (Fsp3) is 0.238. The molecule has 4 aromatic rings. The van der Waals surface area contributed by atoms with E-state index < -0.39 is 0 Å². The molecule has 2 aromatic carbocycles. The summed E-state index contributed by atoms with van der Waals surface area (Å²) in [5, 5.41) is 2.69. The fourth-order valence-electron chi connectivity index (χ4n) is 2.62. The van der Waals surface area contributed by atoms with Crippen LogP contribution >= 0.6 is 11.3 Å². The van der Waals surface area contributed by atoms with Gasteiger partial charge >= 0.3 is 0 Å². The lowest BCUT2D eigenvalue weighted by atomic mass is 10.1. The van der Waals surface area contributed by atoms with Gasteiger partial charge in [-0.2, -0.15) is 0 Å². The average Bonchev–Trinajstić information content (AvgIpc) is 3.19. The van der Waals surface area contributed by atoms with E-state index in [1.54, 1.807) is 0 Å². The number of aromatic nitrogens is 1. The van der Waals surface area contributed by atoms with E-state index in [2.05, 4.69) is 86.4 Å². The van der Waals surface area contributed by atoms with Crippen molar-refractivity contribution in [2.75, 3.05) is 0 Å². The second-order valence-electron chi connectivity index (χ2n) is 6.07. The van der Waals surface area contributed by atoms with Gasteiger partial charge in [0.15, 0.2) is 0 Å². The standard InChI is InChI=1S/C11H13N.C10H10S/c1-8(2)11-7-9-5-3-4-6-10(9)12-11;1-2-9-7-8-5-3-4-6-10(8)11-9/h3-8,12H,1-2H3;3-7H,2H2,1H3. The minimum absolute atomic E-state index is 0.581. The highest BCUT2D eigenvalue weighted by Crippen LogP contribution is 2.25. The van der Waals surface area contributed by atoms with Crippen molar-refractivity contribution in [2.45, 2.75) is 33.1 Å². The van der Waals surface area contributed by atoms with Gasteiger partial charge in [-0.05, 0) is 47.4 Å². The zero-order valence-corrected chi connectivity index (χ0v) is 14.8. The Morgan fingerprint density at radius 3 is 2.26 bits per heavy atom. The monoisotopic (exact) mass is 321 g/mol. The van der Waals surface area contributed by atoms with Crippen LogP contribution < -0.4 is 0 Å². The van der Waals surface area contributed by atoms with Crippen molar-refractivity contribution < 1.29 is 0 Å². The molecular formula is C21H23NS. The van der Waals surface area contributed by atoms with E-state index in [1.807, 2.05) is 11.3 Å². The molecule has 118 valence electrons. The smallest absolute Gasteiger partial charge is 0.0456 e. The molecule has 1 nitrogen and oxygen atoms in total. The number of aryl methyl sites for hydroxylation is 1. The highest BCUT2D eigenvalue weighted by Gasteiger charge is 2.02. The van der Waals surface area contributed by atoms with Crippen LogP contribution in [0.3, 0.4) is 0 Å². The Morgan fingerprint density at radius 1 is 0.913 bits per heavy atom. The van der Waals surface area contributed by atoms with Crippen LogP contribution in [-0.2, 0) is 6.42 Å². The molecule has 0 radical (unpaired) electrons. The zero-order chi connectivity index (χ0) is 16.2. The molecule has 0 atom stereocenters. The van der Waals surface area contributed by atoms with Crippen molar-refractivity contribution in [3.8, 4) is 0 Å². The number of hydrogen-bond donors (Lipinski definition) is 1. The van der Waals surface area contributed by atoms with Crippen molar-refractivity contribution in [3.63, 3.8) is 0 Å². The molecule has 23 heavy (non-hydrogen) atoms. The molecule has 2 heterocycles. The third-order valence-electron chi connectivity index (χ3n) is 4.00. The van der Waals surface area contributed by atoms with Crippen LogP contribution in [0.1, 0.15) is 37.3 Å². The van der Waals surface area contributed by atoms with E-state index in [0.29, 0.717) is 5.92 Å². The predicted molar refractivity (Wildman–Crippen MR) is 104 cm³/mol. The molecule has 0 unspecified atom stereocenters. The molecule has 0 fully saturated rings. The van der Waals surface area contributed by atoms with Crippen LogP contribution in [0.2, 0.25) is 0 Å². The maximum Gasteiger partial charge on any atom is 0.0456 e. The van der Waals surface area contributed by atoms with E-state index in [1.165, 1.54) is 31.6 Å². The molecule has 0 aliphatic heterocycles. The van der Waals surface area contributed by atoms with Crippen LogP contribution in [0, 0.1) is 0 Å². The van der Waals surface area contributed by atoms with Gasteiger partial charge in [0.05, 0.1) is 0 Å². The van der Waals surface area contributed by atoms with Gasteiger partial charge in [-0.3, -0.25) is 0 Å². The van der Waals surface area contributed by atoms with Crippen molar-refractivity contribution in [1.29, 1.82) is 0 Å². The van der Waals surface area contributed by atoms with Gasteiger partial charge in [0.25, 0.3) is 0 Å². The first kappa shape index (κ1) is 15.8. The molecule has 1 N–H and O–H groups in total. The highest BCUT2D eigenvalue weighted by molar-refractivity contribution is 7.19. The Labute approximate surface area is 142 Å². The zero-order valence-electron chi connectivity index (χ0n) is 14.0. The summed E-state index contributed by atoms with van der Waals surface area (Å²) < 4.78 is 1.41. The second kappa shape index (κ2) is 7.01. The molecule has 0 spiro atoms. The van der Waals surface area contributed by atoms with E-state index in [0.717, 1.165) is 6.42 Å². The quantitative estimate of drug-likeness (QED) is 0.420. The first-order valence-corrected chi connectivity index (χ1v) is 9.04. The minimum Gasteiger partial charge on any atom is -0.358 e. The topological polar surface area (TPSA) is 15.8 Å². The number of benzene rings is 2. The van der Waals surface area contributed by atoms with Crippen LogP contribution in [0.5, 0.6) is 0 Å². The summed E-state index contributed by atoms with van der Waals surface area (Å²) in [7, 11) is 0. The number of fused-ring (bicyclic) bond motifs is 2. The molecule has 0 aliphatic carbocycles. The summed E-state index contributed by atoms with van der Waals surface area (Å²) in [5.41, 5.74) is 2.55. The molecule has 2 aromatic heterocycles. The van der Waals surface area contributed by atoms with Crippen LogP contribution in [0.25, 0.3) is 21.0 Å². The third-order valence-corrected chi connectivity index (χ3v) is 5.26. The summed E-state index contributed by atoms with van der Waals surface area (Å²) in [5.74, 6) is 0.581. The average molecular weight is 321 g/mol. The Bertz CT molecular complexity index is 832. The maximum atomic E-state index is 3.40. The lowest BCUT2D eigenvalue weighted by Gasteiger charge is -1.97. The van der Waals surface area contributed by atoms with Crippen molar-refractivity contribution >= 4 is 32.3 Å². The van der Waals surface area contributed by atoms with Gasteiger partial charge < -0.3 is 4.98 Å². The summed E-state index contributed by atoms with van der Waals surface area (Å²) in [4.78, 5) is 4.87. The van der Waals surface area contributed by atoms with E-state index in [9.17, 15) is 0 Å². The Balaban J connectivity index is 0.000000136. The van der Waals surface area contributed by atoms with Crippen LogP contribution in [0.4, 0.5) is 0 Å². The van der Waals surface area contributed by atoms with Crippen molar-refractivity contribution in [3.05, 3.63) is 71.2 Å². The lowest BCUT2D eigenvalue weighted by molar-refractivity contribution is 0.836. The molecule has 4 rings (SSSR count). The van der Waals surface area contributed by atoms with E-state index in [-0.39, 0.29) is 0 Å². The summed E-state index contributed by atoms with van der Waals surface area (Å²) >= 11 is 1.90. The summed E-state index contributed by atoms with van der Waals surface area (Å²) in [6.45, 7) is 6.60. The van der Waals surface area contributed by atoms with Crippen molar-refractivity contribution in [2.24, 2.45) is 0 Å². The molecule has 0 amide bonds. The number of hydrogen-bond acceptors (Lipinski definition) is 1. The third kappa shape index (κ3) is 3.65. The molecule has 0 aliphatic rings. The first-order valence-electron chi connectivity index (χ1n) is 8.22. The summed E-state index contributed by atoms with van der Waals surface area (Å²) in [6, 6.07) is 21.4. The Kier molecular flexibility index (Phi) is 4.82. The predicted octanol–water partition coefficient (Wildman–Crippen LogP) is 6.76. The van der Waals surface area contributed by atoms with Gasteiger partial charge in [-0.1, -0.05) is 57.2 Å². The van der Waals surface area contributed by atoms with Gasteiger partial charge in [0.2, 0.25) is 0 Å². The van der Waals surface area contributed by atoms with Gasteiger partial charge in [-0.15, -0.1) is 11.3 Å². The number of H-pyrrole nitrogens is 1. The molecule has 2 heteroatoms.